The molecule has 3 heterocycles. The van der Waals surface area contributed by atoms with E-state index >= 15 is 0 Å². The number of thiophene rings is 1. The topological polar surface area (TPSA) is 55.0 Å². The highest BCUT2D eigenvalue weighted by atomic mass is 32.1. The number of hydrogen-bond acceptors (Lipinski definition) is 5. The fraction of sp³-hybridized carbons (Fsp3) is 0.467. The number of nitrogens with zero attached hydrogens (tertiary/aromatic N) is 3. The second kappa shape index (κ2) is 5.89. The minimum Gasteiger partial charge on any atom is -0.337 e. The number of hydrogen-bond donors (Lipinski definition) is 1. The molecule has 2 N–H and O–H groups in total. The van der Waals surface area contributed by atoms with Crippen LogP contribution in [0.15, 0.2) is 23.7 Å². The van der Waals surface area contributed by atoms with Gasteiger partial charge in [-0.05, 0) is 43.2 Å². The fourth-order valence-electron chi connectivity index (χ4n) is 2.74. The van der Waals surface area contributed by atoms with Crippen LogP contribution in [0.5, 0.6) is 0 Å². The van der Waals surface area contributed by atoms with Crippen molar-refractivity contribution in [3.05, 3.63) is 29.3 Å². The van der Waals surface area contributed by atoms with E-state index in [9.17, 15) is 0 Å². The number of piperidine rings is 1. The van der Waals surface area contributed by atoms with Crippen LogP contribution in [-0.4, -0.2) is 29.1 Å². The number of aryl methyl sites for hydroxylation is 1. The van der Waals surface area contributed by atoms with Crippen molar-refractivity contribution in [1.82, 2.24) is 9.97 Å². The van der Waals surface area contributed by atoms with Crippen LogP contribution in [0.1, 0.15) is 24.8 Å². The molecule has 1 unspecified atom stereocenters. The van der Waals surface area contributed by atoms with Gasteiger partial charge in [0.1, 0.15) is 0 Å². The van der Waals surface area contributed by atoms with Crippen molar-refractivity contribution < 1.29 is 0 Å². The molecular formula is C15H20N4S. The average Bonchev–Trinajstić information content (AvgIpc) is 3.02. The van der Waals surface area contributed by atoms with Crippen LogP contribution in [0.25, 0.3) is 10.6 Å². The molecule has 2 aromatic rings. The van der Waals surface area contributed by atoms with Gasteiger partial charge in [-0.15, -0.1) is 11.3 Å². The molecule has 0 aliphatic carbocycles. The van der Waals surface area contributed by atoms with Crippen LogP contribution in [0.3, 0.4) is 0 Å². The van der Waals surface area contributed by atoms with Gasteiger partial charge < -0.3 is 10.6 Å². The second-order valence-corrected chi connectivity index (χ2v) is 6.21. The van der Waals surface area contributed by atoms with Crippen molar-refractivity contribution >= 4 is 17.3 Å². The molecule has 1 atom stereocenters. The molecule has 2 aromatic heterocycles. The third-order valence-corrected chi connectivity index (χ3v) is 4.75. The zero-order valence-corrected chi connectivity index (χ0v) is 12.6. The van der Waals surface area contributed by atoms with E-state index in [4.69, 9.17) is 10.7 Å². The van der Waals surface area contributed by atoms with Crippen LogP contribution < -0.4 is 10.6 Å². The van der Waals surface area contributed by atoms with Gasteiger partial charge in [0.05, 0.1) is 10.6 Å². The van der Waals surface area contributed by atoms with Gasteiger partial charge in [-0.25, -0.2) is 9.97 Å². The Morgan fingerprint density at radius 2 is 2.35 bits per heavy atom. The second-order valence-electron chi connectivity index (χ2n) is 5.26. The van der Waals surface area contributed by atoms with Gasteiger partial charge in [-0.1, -0.05) is 6.07 Å². The van der Waals surface area contributed by atoms with Gasteiger partial charge >= 0.3 is 0 Å². The summed E-state index contributed by atoms with van der Waals surface area (Å²) in [7, 11) is 0. The van der Waals surface area contributed by atoms with Gasteiger partial charge in [-0.2, -0.15) is 0 Å². The highest BCUT2D eigenvalue weighted by Gasteiger charge is 2.24. The van der Waals surface area contributed by atoms with Crippen molar-refractivity contribution in [2.75, 3.05) is 18.0 Å². The predicted molar refractivity (Wildman–Crippen MR) is 84.1 cm³/mol. The minimum atomic E-state index is 0.377. The van der Waals surface area contributed by atoms with Crippen LogP contribution in [-0.2, 0) is 0 Å². The summed E-state index contributed by atoms with van der Waals surface area (Å²) < 4.78 is 0. The fourth-order valence-corrected chi connectivity index (χ4v) is 3.52. The first-order valence-electron chi connectivity index (χ1n) is 7.14. The lowest BCUT2D eigenvalue weighted by Crippen LogP contribution is -2.45. The first-order valence-corrected chi connectivity index (χ1v) is 8.02. The number of nitrogens with two attached hydrogens (primary N) is 1. The summed E-state index contributed by atoms with van der Waals surface area (Å²) >= 11 is 1.72. The van der Waals surface area contributed by atoms with E-state index in [1.807, 2.05) is 6.20 Å². The molecule has 106 valence electrons. The van der Waals surface area contributed by atoms with E-state index in [0.717, 1.165) is 30.2 Å². The molecule has 4 nitrogen and oxygen atoms in total. The molecule has 0 amide bonds. The molecule has 5 heteroatoms. The van der Waals surface area contributed by atoms with Crippen molar-refractivity contribution in [3.8, 4) is 10.6 Å². The molecule has 1 aliphatic rings. The molecule has 0 bridgehead atoms. The monoisotopic (exact) mass is 288 g/mol. The largest absolute Gasteiger partial charge is 0.337 e. The zero-order valence-electron chi connectivity index (χ0n) is 11.7. The highest BCUT2D eigenvalue weighted by molar-refractivity contribution is 7.13. The molecule has 3 rings (SSSR count). The number of rotatable bonds is 3. The van der Waals surface area contributed by atoms with Crippen LogP contribution >= 0.6 is 11.3 Å². The van der Waals surface area contributed by atoms with Crippen LogP contribution in [0.4, 0.5) is 5.95 Å². The van der Waals surface area contributed by atoms with Crippen LogP contribution in [0.2, 0.25) is 0 Å². The highest BCUT2D eigenvalue weighted by Crippen LogP contribution is 2.28. The maximum absolute atomic E-state index is 5.90. The van der Waals surface area contributed by atoms with E-state index in [0.29, 0.717) is 12.6 Å². The van der Waals surface area contributed by atoms with E-state index < -0.39 is 0 Å². The van der Waals surface area contributed by atoms with Crippen molar-refractivity contribution in [3.63, 3.8) is 0 Å². The summed E-state index contributed by atoms with van der Waals surface area (Å²) in [5.74, 6) is 0.828. The molecule has 0 aromatic carbocycles. The Kier molecular flexibility index (Phi) is 3.98. The first kappa shape index (κ1) is 13.5. The summed E-state index contributed by atoms with van der Waals surface area (Å²) in [5, 5.41) is 2.08. The molecule has 1 fully saturated rings. The van der Waals surface area contributed by atoms with Gasteiger partial charge in [0, 0.05) is 25.3 Å². The standard InChI is InChI=1S/C15H20N4S/c1-11-10-17-15(18-14(11)13-6-4-8-20-13)19-7-3-2-5-12(19)9-16/h4,6,8,10,12H,2-3,5,7,9,16H2,1H3. The molecule has 1 saturated heterocycles. The quantitative estimate of drug-likeness (QED) is 0.943. The lowest BCUT2D eigenvalue weighted by molar-refractivity contribution is 0.458. The lowest BCUT2D eigenvalue weighted by Gasteiger charge is -2.35. The average molecular weight is 288 g/mol. The van der Waals surface area contributed by atoms with Crippen LogP contribution in [0, 0.1) is 6.92 Å². The van der Waals surface area contributed by atoms with Crippen molar-refractivity contribution in [1.29, 1.82) is 0 Å². The SMILES string of the molecule is Cc1cnc(N2CCCCC2CN)nc1-c1cccs1. The molecule has 0 radical (unpaired) electrons. The maximum Gasteiger partial charge on any atom is 0.226 e. The first-order chi connectivity index (χ1) is 9.79. The third-order valence-electron chi connectivity index (χ3n) is 3.87. The Morgan fingerprint density at radius 1 is 1.45 bits per heavy atom. The summed E-state index contributed by atoms with van der Waals surface area (Å²) in [6, 6.07) is 4.55. The van der Waals surface area contributed by atoms with Gasteiger partial charge in [-0.3, -0.25) is 0 Å². The van der Waals surface area contributed by atoms with E-state index in [2.05, 4.69) is 34.3 Å². The Morgan fingerprint density at radius 3 is 3.10 bits per heavy atom. The number of anilines is 1. The normalized spacial score (nSPS) is 19.3. The Balaban J connectivity index is 1.96. The smallest absolute Gasteiger partial charge is 0.226 e. The summed E-state index contributed by atoms with van der Waals surface area (Å²) in [4.78, 5) is 12.8. The molecule has 0 spiro atoms. The lowest BCUT2D eigenvalue weighted by atomic mass is 10.0. The predicted octanol–water partition coefficient (Wildman–Crippen LogP) is 2.83. The van der Waals surface area contributed by atoms with Gasteiger partial charge in [0.2, 0.25) is 5.95 Å². The third kappa shape index (κ3) is 2.55. The number of aromatic nitrogens is 2. The van der Waals surface area contributed by atoms with E-state index in [1.165, 1.54) is 17.7 Å². The Hall–Kier alpha value is -1.46. The molecule has 1 aliphatic heterocycles. The van der Waals surface area contributed by atoms with Crippen molar-refractivity contribution in [2.24, 2.45) is 5.73 Å². The summed E-state index contributed by atoms with van der Waals surface area (Å²) in [6.07, 6.45) is 5.52. The Labute approximate surface area is 123 Å². The summed E-state index contributed by atoms with van der Waals surface area (Å²) in [6.45, 7) is 3.75. The van der Waals surface area contributed by atoms with Gasteiger partial charge in [0.25, 0.3) is 0 Å². The minimum absolute atomic E-state index is 0.377. The van der Waals surface area contributed by atoms with Gasteiger partial charge in [0.15, 0.2) is 0 Å². The zero-order chi connectivity index (χ0) is 13.9. The summed E-state index contributed by atoms with van der Waals surface area (Å²) in [5.41, 5.74) is 8.07. The van der Waals surface area contributed by atoms with E-state index in [-0.39, 0.29) is 0 Å². The molecular weight excluding hydrogens is 268 g/mol. The Bertz CT molecular complexity index is 567. The maximum atomic E-state index is 5.90. The molecule has 0 saturated carbocycles. The molecule has 20 heavy (non-hydrogen) atoms. The van der Waals surface area contributed by atoms with E-state index in [1.54, 1.807) is 11.3 Å². The van der Waals surface area contributed by atoms with Crippen molar-refractivity contribution in [2.45, 2.75) is 32.2 Å².